The van der Waals surface area contributed by atoms with Gasteiger partial charge in [0, 0.05) is 12.6 Å². The number of carbonyl (C=O) groups excluding carboxylic acids is 2. The minimum atomic E-state index is -1.40. The molecule has 1 aromatic carbocycles. The number of benzene rings is 1. The van der Waals surface area contributed by atoms with Crippen molar-refractivity contribution >= 4 is 18.0 Å². The molecule has 0 bridgehead atoms. The van der Waals surface area contributed by atoms with Crippen LogP contribution in [0.1, 0.15) is 47.7 Å². The van der Waals surface area contributed by atoms with E-state index >= 15 is 0 Å². The number of nitrogens with zero attached hydrogens (tertiary/aromatic N) is 2. The Hall–Kier alpha value is -2.11. The number of halogens is 2. The van der Waals surface area contributed by atoms with E-state index in [4.69, 9.17) is 4.74 Å². The second-order valence-electron chi connectivity index (χ2n) is 8.20. The van der Waals surface area contributed by atoms with Gasteiger partial charge in [0.15, 0.2) is 0 Å². The molecule has 1 N–H and O–H groups in total. The van der Waals surface area contributed by atoms with Gasteiger partial charge in [-0.1, -0.05) is 0 Å². The second-order valence-corrected chi connectivity index (χ2v) is 8.20. The van der Waals surface area contributed by atoms with Crippen LogP contribution in [0.3, 0.4) is 0 Å². The molecule has 10 heteroatoms. The van der Waals surface area contributed by atoms with Gasteiger partial charge in [0.25, 0.3) is 0 Å². The molecule has 7 nitrogen and oxygen atoms in total. The summed E-state index contributed by atoms with van der Waals surface area (Å²) in [7, 11) is 0. The molecule has 1 aliphatic rings. The predicted octanol–water partition coefficient (Wildman–Crippen LogP) is 0.0649. The molecule has 1 fully saturated rings. The fourth-order valence-electron chi connectivity index (χ4n) is 3.11. The molecule has 1 atom stereocenters. The Kier molecular flexibility index (Phi) is 7.49. The summed E-state index contributed by atoms with van der Waals surface area (Å²) in [4.78, 5) is 39.2. The molecule has 0 aromatic heterocycles. The fraction of sp³-hybridized carbons (Fsp3) is 0.526. The summed E-state index contributed by atoms with van der Waals surface area (Å²) >= 11 is 0. The van der Waals surface area contributed by atoms with E-state index in [0.29, 0.717) is 6.07 Å². The number of rotatable bonds is 3. The van der Waals surface area contributed by atoms with Crippen LogP contribution >= 0.6 is 0 Å². The van der Waals surface area contributed by atoms with Crippen LogP contribution in [0.4, 0.5) is 13.6 Å². The van der Waals surface area contributed by atoms with Crippen molar-refractivity contribution in [1.82, 2.24) is 9.80 Å². The molecule has 2 rings (SSSR count). The first-order valence-corrected chi connectivity index (χ1v) is 8.72. The molecule has 0 aliphatic carbocycles. The maximum atomic E-state index is 13.7. The number of hydrogen-bond acceptors (Lipinski definition) is 4. The molecular formula is C19H25F2LiN2O5. The van der Waals surface area contributed by atoms with Crippen LogP contribution in [-0.2, 0) is 14.3 Å². The summed E-state index contributed by atoms with van der Waals surface area (Å²) in [5.74, 6) is -3.68. The van der Waals surface area contributed by atoms with Crippen molar-refractivity contribution in [1.29, 1.82) is 0 Å². The Balaban J connectivity index is 0.00000420. The van der Waals surface area contributed by atoms with Gasteiger partial charge in [-0.25, -0.2) is 13.6 Å². The molecule has 0 radical (unpaired) electrons. The first kappa shape index (κ1) is 24.9. The Morgan fingerprint density at radius 1 is 1.24 bits per heavy atom. The topological polar surface area (TPSA) is 87.2 Å². The molecule has 1 aliphatic heterocycles. The van der Waals surface area contributed by atoms with Crippen LogP contribution in [0.25, 0.3) is 0 Å². The zero-order valence-electron chi connectivity index (χ0n) is 18.5. The van der Waals surface area contributed by atoms with Gasteiger partial charge in [0.05, 0.1) is 6.04 Å². The zero-order valence-corrected chi connectivity index (χ0v) is 17.5. The van der Waals surface area contributed by atoms with Crippen LogP contribution in [0.5, 0.6) is 0 Å². The monoisotopic (exact) mass is 406 g/mol. The van der Waals surface area contributed by atoms with Crippen molar-refractivity contribution in [3.63, 3.8) is 0 Å². The van der Waals surface area contributed by atoms with Crippen molar-refractivity contribution in [3.8, 4) is 0 Å². The van der Waals surface area contributed by atoms with Crippen molar-refractivity contribution in [2.24, 2.45) is 0 Å². The van der Waals surface area contributed by atoms with Crippen LogP contribution in [0.15, 0.2) is 18.2 Å². The van der Waals surface area contributed by atoms with Crippen molar-refractivity contribution in [2.75, 3.05) is 13.1 Å². The van der Waals surface area contributed by atoms with Gasteiger partial charge in [0.1, 0.15) is 29.3 Å². The van der Waals surface area contributed by atoms with Gasteiger partial charge in [-0.2, -0.15) is 0 Å². The molecule has 0 saturated carbocycles. The number of carboxylic acids is 1. The molecule has 0 unspecified atom stereocenters. The van der Waals surface area contributed by atoms with E-state index in [1.807, 2.05) is 0 Å². The zero-order chi connectivity index (χ0) is 21.4. The molecular weight excluding hydrogens is 381 g/mol. The van der Waals surface area contributed by atoms with Crippen LogP contribution in [0.2, 0.25) is 0 Å². The first-order chi connectivity index (χ1) is 12.7. The van der Waals surface area contributed by atoms with E-state index < -0.39 is 53.3 Å². The minimum absolute atomic E-state index is 0. The number of amides is 2. The Morgan fingerprint density at radius 2 is 1.76 bits per heavy atom. The third kappa shape index (κ3) is 5.70. The molecule has 1 heterocycles. The number of aliphatic carboxylic acids is 1. The average Bonchev–Trinajstić information content (AvgIpc) is 2.48. The summed E-state index contributed by atoms with van der Waals surface area (Å²) in [5.41, 5.74) is -2.18. The van der Waals surface area contributed by atoms with Crippen molar-refractivity contribution < 1.29 is 53.3 Å². The van der Waals surface area contributed by atoms with Gasteiger partial charge >= 0.3 is 30.9 Å². The van der Waals surface area contributed by atoms with Crippen LogP contribution < -0.4 is 18.9 Å². The largest absolute Gasteiger partial charge is 1.00 e. The molecule has 1 saturated heterocycles. The molecule has 2 amide bonds. The fourth-order valence-corrected chi connectivity index (χ4v) is 3.11. The molecule has 156 valence electrons. The third-order valence-corrected chi connectivity index (χ3v) is 4.38. The van der Waals surface area contributed by atoms with E-state index in [1.54, 1.807) is 20.8 Å². The first-order valence-electron chi connectivity index (χ1n) is 8.72. The Bertz CT molecular complexity index is 796. The number of carbonyl (C=O) groups is 3. The van der Waals surface area contributed by atoms with Gasteiger partial charge in [-0.3, -0.25) is 14.5 Å². The number of piperazine rings is 1. The summed E-state index contributed by atoms with van der Waals surface area (Å²) in [5, 5.41) is 9.21. The van der Waals surface area contributed by atoms with Gasteiger partial charge in [-0.05, 0) is 52.3 Å². The van der Waals surface area contributed by atoms with E-state index in [1.165, 1.54) is 13.8 Å². The standard InChI is InChI=1S/C19H24F2N2O5.Li.H/c1-18(2,3)28-17(27)23-9-14(11-6-12(20)8-13(21)7-11)22(10-15(24)25)16(26)19(23,4)5;;/h6-8,14H,9-10H2,1-5H3,(H,24,25);;/q;+1;-1/t14-;;/m0../s1. The summed E-state index contributed by atoms with van der Waals surface area (Å²) in [6.07, 6.45) is -0.775. The maximum absolute atomic E-state index is 13.7. The van der Waals surface area contributed by atoms with Gasteiger partial charge in [-0.15, -0.1) is 0 Å². The smallest absolute Gasteiger partial charge is 1.00 e. The molecule has 0 spiro atoms. The molecule has 1 aromatic rings. The number of carboxylic acid groups (broad SMARTS) is 1. The second kappa shape index (κ2) is 8.72. The Morgan fingerprint density at radius 3 is 2.21 bits per heavy atom. The molecule has 29 heavy (non-hydrogen) atoms. The predicted molar refractivity (Wildman–Crippen MR) is 96.6 cm³/mol. The number of hydrogen-bond donors (Lipinski definition) is 1. The quantitative estimate of drug-likeness (QED) is 0.718. The normalized spacial score (nSPS) is 18.9. The van der Waals surface area contributed by atoms with E-state index in [-0.39, 0.29) is 32.4 Å². The number of ether oxygens (including phenoxy) is 1. The van der Waals surface area contributed by atoms with E-state index in [0.717, 1.165) is 21.9 Å². The summed E-state index contributed by atoms with van der Waals surface area (Å²) in [6.45, 7) is 7.09. The van der Waals surface area contributed by atoms with Crippen molar-refractivity contribution in [2.45, 2.75) is 51.8 Å². The average molecular weight is 406 g/mol. The minimum Gasteiger partial charge on any atom is -1.00 e. The van der Waals surface area contributed by atoms with Crippen LogP contribution in [-0.4, -0.2) is 57.1 Å². The van der Waals surface area contributed by atoms with Crippen LogP contribution in [0, 0.1) is 11.6 Å². The van der Waals surface area contributed by atoms with Gasteiger partial charge in [0.2, 0.25) is 5.91 Å². The van der Waals surface area contributed by atoms with E-state index in [9.17, 15) is 28.3 Å². The maximum Gasteiger partial charge on any atom is 1.00 e. The van der Waals surface area contributed by atoms with E-state index in [2.05, 4.69) is 0 Å². The SMILES string of the molecule is CC(C)(C)OC(=O)N1C[C@@H](c2cc(F)cc(F)c2)N(CC(=O)O)C(=O)C1(C)C.[H-].[Li+]. The Labute approximate surface area is 181 Å². The van der Waals surface area contributed by atoms with Gasteiger partial charge < -0.3 is 16.2 Å². The summed E-state index contributed by atoms with van der Waals surface area (Å²) < 4.78 is 32.8. The third-order valence-electron chi connectivity index (χ3n) is 4.38. The van der Waals surface area contributed by atoms with Crippen molar-refractivity contribution in [3.05, 3.63) is 35.4 Å². The summed E-state index contributed by atoms with van der Waals surface area (Å²) in [6, 6.07) is 1.66.